The van der Waals surface area contributed by atoms with Crippen LogP contribution >= 0.6 is 11.8 Å². The van der Waals surface area contributed by atoms with E-state index in [-0.39, 0.29) is 17.0 Å². The minimum absolute atomic E-state index is 0.128. The van der Waals surface area contributed by atoms with Gasteiger partial charge in [0.2, 0.25) is 5.91 Å². The molecule has 0 fully saturated rings. The highest BCUT2D eigenvalue weighted by Crippen LogP contribution is 2.45. The first-order valence-electron chi connectivity index (χ1n) is 6.22. The second kappa shape index (κ2) is 4.76. The van der Waals surface area contributed by atoms with Crippen LogP contribution in [-0.2, 0) is 4.79 Å². The lowest BCUT2D eigenvalue weighted by atomic mass is 10.0. The number of aliphatic hydroxyl groups is 1. The van der Waals surface area contributed by atoms with Gasteiger partial charge < -0.3 is 16.2 Å². The minimum atomic E-state index is -0.214. The highest BCUT2D eigenvalue weighted by molar-refractivity contribution is 8.04. The van der Waals surface area contributed by atoms with E-state index < -0.39 is 0 Å². The van der Waals surface area contributed by atoms with Crippen molar-refractivity contribution in [3.63, 3.8) is 0 Å². The van der Waals surface area contributed by atoms with Gasteiger partial charge in [0.05, 0.1) is 10.6 Å². The molecule has 20 heavy (non-hydrogen) atoms. The van der Waals surface area contributed by atoms with Crippen molar-refractivity contribution in [2.75, 3.05) is 0 Å². The summed E-state index contributed by atoms with van der Waals surface area (Å²) in [5.41, 5.74) is 9.14. The first-order valence-corrected chi connectivity index (χ1v) is 7.10. The van der Waals surface area contributed by atoms with E-state index in [1.54, 1.807) is 0 Å². The minimum Gasteiger partial charge on any atom is -0.506 e. The molecule has 0 spiro atoms. The number of thioether (sulfide) groups is 1. The summed E-state index contributed by atoms with van der Waals surface area (Å²) in [5.74, 6) is 0.0223. The summed E-state index contributed by atoms with van der Waals surface area (Å²) in [7, 11) is 0. The van der Waals surface area contributed by atoms with Crippen molar-refractivity contribution >= 4 is 23.4 Å². The van der Waals surface area contributed by atoms with E-state index in [4.69, 9.17) is 5.73 Å². The van der Waals surface area contributed by atoms with Gasteiger partial charge >= 0.3 is 0 Å². The van der Waals surface area contributed by atoms with E-state index in [1.165, 1.54) is 17.8 Å². The van der Waals surface area contributed by atoms with E-state index >= 15 is 0 Å². The van der Waals surface area contributed by atoms with Gasteiger partial charge in [-0.3, -0.25) is 4.79 Å². The third-order valence-electron chi connectivity index (χ3n) is 3.34. The standard InChI is InChI=1S/C15H14N2O2S/c1-8-7-10(18)17-15-11(8)12(16)14(20-15)13(19)9-5-3-2-4-6-9/h2-7,15,19H,16H2,1H3,(H,17,18)/b14-13+. The van der Waals surface area contributed by atoms with Crippen LogP contribution in [-0.4, -0.2) is 16.4 Å². The average Bonchev–Trinajstić information content (AvgIpc) is 2.76. The van der Waals surface area contributed by atoms with E-state index in [9.17, 15) is 9.90 Å². The highest BCUT2D eigenvalue weighted by Gasteiger charge is 2.35. The first kappa shape index (κ1) is 12.9. The normalized spacial score (nSPS) is 24.1. The Morgan fingerprint density at radius 1 is 1.35 bits per heavy atom. The van der Waals surface area contributed by atoms with Crippen LogP contribution in [0.3, 0.4) is 0 Å². The molecular weight excluding hydrogens is 272 g/mol. The first-order chi connectivity index (χ1) is 9.58. The van der Waals surface area contributed by atoms with Crippen molar-refractivity contribution in [1.29, 1.82) is 0 Å². The van der Waals surface area contributed by atoms with Gasteiger partial charge in [0, 0.05) is 17.2 Å². The topological polar surface area (TPSA) is 75.3 Å². The number of fused-ring (bicyclic) bond motifs is 1. The van der Waals surface area contributed by atoms with Gasteiger partial charge in [-0.05, 0) is 12.5 Å². The summed E-state index contributed by atoms with van der Waals surface area (Å²) >= 11 is 1.37. The molecule has 1 unspecified atom stereocenters. The van der Waals surface area contributed by atoms with E-state index in [0.717, 1.165) is 11.1 Å². The largest absolute Gasteiger partial charge is 0.506 e. The van der Waals surface area contributed by atoms with Gasteiger partial charge in [-0.25, -0.2) is 0 Å². The summed E-state index contributed by atoms with van der Waals surface area (Å²) in [6.07, 6.45) is 1.53. The number of nitrogens with two attached hydrogens (primary N) is 1. The molecule has 0 bridgehead atoms. The molecule has 4 N–H and O–H groups in total. The van der Waals surface area contributed by atoms with Gasteiger partial charge in [0.1, 0.15) is 11.1 Å². The predicted molar refractivity (Wildman–Crippen MR) is 80.5 cm³/mol. The van der Waals surface area contributed by atoms with Gasteiger partial charge in [-0.2, -0.15) is 0 Å². The van der Waals surface area contributed by atoms with Crippen LogP contribution in [0.5, 0.6) is 0 Å². The number of rotatable bonds is 1. The Bertz CT molecular complexity index is 674. The Morgan fingerprint density at radius 2 is 2.05 bits per heavy atom. The summed E-state index contributed by atoms with van der Waals surface area (Å²) in [5, 5.41) is 13.0. The fraction of sp³-hybridized carbons (Fsp3) is 0.133. The molecule has 2 heterocycles. The van der Waals surface area contributed by atoms with Crippen molar-refractivity contribution in [3.05, 3.63) is 63.7 Å². The fourth-order valence-corrected chi connectivity index (χ4v) is 3.69. The summed E-state index contributed by atoms with van der Waals surface area (Å²) < 4.78 is 0. The zero-order valence-corrected chi connectivity index (χ0v) is 11.7. The zero-order chi connectivity index (χ0) is 14.3. The lowest BCUT2D eigenvalue weighted by Crippen LogP contribution is -2.35. The lowest BCUT2D eigenvalue weighted by molar-refractivity contribution is -0.116. The Hall–Kier alpha value is -2.14. The highest BCUT2D eigenvalue weighted by atomic mass is 32.2. The monoisotopic (exact) mass is 286 g/mol. The molecule has 0 radical (unpaired) electrons. The Labute approximate surface area is 121 Å². The van der Waals surface area contributed by atoms with Crippen LogP contribution in [0.4, 0.5) is 0 Å². The molecule has 5 heteroatoms. The zero-order valence-electron chi connectivity index (χ0n) is 10.9. The van der Waals surface area contributed by atoms with Crippen LogP contribution in [0.2, 0.25) is 0 Å². The molecule has 0 saturated heterocycles. The van der Waals surface area contributed by atoms with Crippen molar-refractivity contribution in [1.82, 2.24) is 5.32 Å². The number of benzene rings is 1. The third-order valence-corrected chi connectivity index (χ3v) is 4.58. The smallest absolute Gasteiger partial charge is 0.245 e. The third kappa shape index (κ3) is 2.00. The van der Waals surface area contributed by atoms with Crippen LogP contribution in [0.15, 0.2) is 58.2 Å². The Morgan fingerprint density at radius 3 is 2.75 bits per heavy atom. The molecule has 0 aromatic heterocycles. The lowest BCUT2D eigenvalue weighted by Gasteiger charge is -2.20. The number of aliphatic hydroxyl groups excluding tert-OH is 1. The number of amides is 1. The molecule has 1 aromatic rings. The molecule has 102 valence electrons. The second-order valence-corrected chi connectivity index (χ2v) is 5.82. The van der Waals surface area contributed by atoms with Crippen LogP contribution in [0, 0.1) is 0 Å². The van der Waals surface area contributed by atoms with Crippen molar-refractivity contribution < 1.29 is 9.90 Å². The quantitative estimate of drug-likeness (QED) is 0.692. The van der Waals surface area contributed by atoms with E-state index in [1.807, 2.05) is 37.3 Å². The number of carbonyl (C=O) groups excluding carboxylic acids is 1. The summed E-state index contributed by atoms with van der Waals surface area (Å²) in [6, 6.07) is 9.25. The predicted octanol–water partition coefficient (Wildman–Crippen LogP) is 2.28. The second-order valence-electron chi connectivity index (χ2n) is 4.70. The SMILES string of the molecule is CC1=CC(=O)NC2S/C(=C(/O)c3ccccc3)C(N)=C12. The molecule has 2 aliphatic heterocycles. The van der Waals surface area contributed by atoms with Crippen LogP contribution < -0.4 is 11.1 Å². The van der Waals surface area contributed by atoms with E-state index in [0.29, 0.717) is 16.2 Å². The van der Waals surface area contributed by atoms with Crippen LogP contribution in [0.25, 0.3) is 5.76 Å². The fourth-order valence-electron chi connectivity index (χ4n) is 2.38. The van der Waals surface area contributed by atoms with Gasteiger partial charge in [-0.15, -0.1) is 0 Å². The van der Waals surface area contributed by atoms with Gasteiger partial charge in [-0.1, -0.05) is 42.1 Å². The van der Waals surface area contributed by atoms with Crippen molar-refractivity contribution in [3.8, 4) is 0 Å². The van der Waals surface area contributed by atoms with Crippen molar-refractivity contribution in [2.24, 2.45) is 5.73 Å². The van der Waals surface area contributed by atoms with E-state index in [2.05, 4.69) is 5.32 Å². The van der Waals surface area contributed by atoms with Gasteiger partial charge in [0.15, 0.2) is 0 Å². The maximum Gasteiger partial charge on any atom is 0.245 e. The number of hydrogen-bond acceptors (Lipinski definition) is 4. The average molecular weight is 286 g/mol. The number of hydrogen-bond donors (Lipinski definition) is 3. The maximum atomic E-state index is 11.5. The molecule has 1 aromatic carbocycles. The number of nitrogens with one attached hydrogen (secondary N) is 1. The summed E-state index contributed by atoms with van der Waals surface area (Å²) in [4.78, 5) is 12.1. The van der Waals surface area contributed by atoms with Crippen LogP contribution in [0.1, 0.15) is 12.5 Å². The molecule has 1 atom stereocenters. The molecule has 3 rings (SSSR count). The Balaban J connectivity index is 2.08. The number of carbonyl (C=O) groups is 1. The van der Waals surface area contributed by atoms with Gasteiger partial charge in [0.25, 0.3) is 0 Å². The molecule has 4 nitrogen and oxygen atoms in total. The molecular formula is C15H14N2O2S. The Kier molecular flexibility index (Phi) is 3.06. The molecule has 1 amide bonds. The summed E-state index contributed by atoms with van der Waals surface area (Å²) in [6.45, 7) is 1.86. The van der Waals surface area contributed by atoms with Crippen molar-refractivity contribution in [2.45, 2.75) is 12.3 Å². The molecule has 0 saturated carbocycles. The molecule has 2 aliphatic rings. The molecule has 0 aliphatic carbocycles. The maximum absolute atomic E-state index is 11.5.